The number of benzene rings is 2. The smallest absolute Gasteiger partial charge is 0.287 e. The van der Waals surface area contributed by atoms with Gasteiger partial charge in [-0.1, -0.05) is 23.2 Å². The van der Waals surface area contributed by atoms with Crippen LogP contribution < -0.4 is 15.0 Å². The van der Waals surface area contributed by atoms with Gasteiger partial charge in [-0.25, -0.2) is 13.5 Å². The van der Waals surface area contributed by atoms with Crippen LogP contribution in [0.4, 0.5) is 8.78 Å². The Bertz CT molecular complexity index is 1190. The molecule has 1 heterocycles. The zero-order chi connectivity index (χ0) is 25.0. The Morgan fingerprint density at radius 3 is 2.38 bits per heavy atom. The first-order valence-electron chi connectivity index (χ1n) is 10.4. The lowest BCUT2D eigenvalue weighted by Crippen LogP contribution is -2.36. The predicted octanol–water partition coefficient (Wildman–Crippen LogP) is 7.51. The molecule has 0 saturated heterocycles. The number of hydrogen-bond acceptors (Lipinski definition) is 5. The second kappa shape index (κ2) is 11.0. The van der Waals surface area contributed by atoms with Gasteiger partial charge in [-0.05, 0) is 63.6 Å². The van der Waals surface area contributed by atoms with E-state index in [0.29, 0.717) is 39.5 Å². The predicted molar refractivity (Wildman–Crippen MR) is 132 cm³/mol. The number of rotatable bonds is 8. The summed E-state index contributed by atoms with van der Waals surface area (Å²) in [5.74, 6) is 1.91. The normalized spacial score (nSPS) is 11.7. The third-order valence-corrected chi connectivity index (χ3v) is 6.43. The number of aromatic nitrogens is 2. The van der Waals surface area contributed by atoms with Crippen LogP contribution in [0.1, 0.15) is 38.3 Å². The van der Waals surface area contributed by atoms with Crippen molar-refractivity contribution in [3.8, 4) is 17.2 Å². The van der Waals surface area contributed by atoms with Gasteiger partial charge in [-0.2, -0.15) is 5.10 Å². The Hall–Kier alpha value is -2.29. The zero-order valence-electron chi connectivity index (χ0n) is 19.1. The molecule has 0 bridgehead atoms. The summed E-state index contributed by atoms with van der Waals surface area (Å²) in [6.45, 7) is 7.78. The summed E-state index contributed by atoms with van der Waals surface area (Å²) < 4.78 is 38.3. The van der Waals surface area contributed by atoms with Crippen LogP contribution in [0, 0.1) is 6.92 Å². The molecule has 3 rings (SSSR count). The van der Waals surface area contributed by atoms with Crippen molar-refractivity contribution in [2.75, 3.05) is 12.4 Å². The number of nitrogens with zero attached hydrogens (tertiary/aromatic N) is 2. The highest BCUT2D eigenvalue weighted by atomic mass is 35.5. The van der Waals surface area contributed by atoms with E-state index in [2.05, 4.69) is 5.10 Å². The van der Waals surface area contributed by atoms with Gasteiger partial charge in [0.1, 0.15) is 22.3 Å². The molecule has 0 saturated carbocycles. The highest BCUT2D eigenvalue weighted by Gasteiger charge is 2.19. The zero-order valence-corrected chi connectivity index (χ0v) is 21.4. The Morgan fingerprint density at radius 1 is 1.12 bits per heavy atom. The first-order chi connectivity index (χ1) is 16.0. The Labute approximate surface area is 211 Å². The maximum Gasteiger partial charge on any atom is 0.287 e. The first-order valence-corrected chi connectivity index (χ1v) is 12.1. The van der Waals surface area contributed by atoms with Gasteiger partial charge in [0.25, 0.3) is 12.0 Å². The van der Waals surface area contributed by atoms with Crippen molar-refractivity contribution in [1.29, 1.82) is 0 Å². The van der Waals surface area contributed by atoms with Crippen LogP contribution in [0.2, 0.25) is 10.0 Å². The number of thioether (sulfide) groups is 1. The first kappa shape index (κ1) is 26.3. The molecule has 0 aliphatic heterocycles. The maximum atomic E-state index is 12.7. The Morgan fingerprint density at radius 2 is 1.79 bits per heavy atom. The van der Waals surface area contributed by atoms with E-state index < -0.39 is 12.0 Å². The summed E-state index contributed by atoms with van der Waals surface area (Å²) in [6.07, 6.45) is -0.950. The van der Waals surface area contributed by atoms with Crippen molar-refractivity contribution < 1.29 is 18.3 Å². The van der Waals surface area contributed by atoms with E-state index in [1.807, 2.05) is 27.7 Å². The largest absolute Gasteiger partial charge is 0.491 e. The lowest BCUT2D eigenvalue weighted by Gasteiger charge is -2.21. The molecule has 0 N–H and O–H groups in total. The summed E-state index contributed by atoms with van der Waals surface area (Å²) >= 11 is 14.0. The van der Waals surface area contributed by atoms with Crippen LogP contribution in [0.25, 0.3) is 0 Å². The molecule has 0 aliphatic carbocycles. The van der Waals surface area contributed by atoms with Crippen molar-refractivity contribution in [2.24, 2.45) is 0 Å². The fourth-order valence-electron chi connectivity index (χ4n) is 3.05. The topological polar surface area (TPSA) is 53.4 Å². The van der Waals surface area contributed by atoms with E-state index >= 15 is 0 Å². The van der Waals surface area contributed by atoms with Gasteiger partial charge >= 0.3 is 0 Å². The fourth-order valence-corrected chi connectivity index (χ4v) is 4.38. The number of ether oxygens (including phenoxy) is 2. The van der Waals surface area contributed by atoms with E-state index in [4.69, 9.17) is 32.7 Å². The minimum atomic E-state index is -2.53. The third kappa shape index (κ3) is 6.43. The van der Waals surface area contributed by atoms with Crippen LogP contribution in [0.15, 0.2) is 52.3 Å². The lowest BCUT2D eigenvalue weighted by atomic mass is 10.1. The molecule has 0 radical (unpaired) electrons. The standard InChI is InChI=1S/C24H24Cl2F2N2O3S/c1-14-11-17(33-16-7-5-15(6-8-16)22(27)28)12-18(25)21(14)32-9-10-34-19-13-29-30(24(2,3)4)23(31)20(19)26/h5-8,11-13,22H,9-10H2,1-4H3. The molecule has 0 fully saturated rings. The van der Waals surface area contributed by atoms with Gasteiger partial charge in [0, 0.05) is 17.4 Å². The van der Waals surface area contributed by atoms with Gasteiger partial charge in [0.05, 0.1) is 28.3 Å². The van der Waals surface area contributed by atoms with Gasteiger partial charge in [-0.3, -0.25) is 4.79 Å². The maximum absolute atomic E-state index is 12.7. The van der Waals surface area contributed by atoms with E-state index in [1.54, 1.807) is 18.3 Å². The van der Waals surface area contributed by atoms with Gasteiger partial charge in [-0.15, -0.1) is 11.8 Å². The molecule has 0 aliphatic rings. The molecule has 1 aromatic heterocycles. The number of halogens is 4. The average molecular weight is 529 g/mol. The van der Waals surface area contributed by atoms with E-state index in [9.17, 15) is 13.6 Å². The van der Waals surface area contributed by atoms with E-state index in [1.165, 1.54) is 40.7 Å². The molecule has 182 valence electrons. The highest BCUT2D eigenvalue weighted by Crippen LogP contribution is 2.35. The average Bonchev–Trinajstić information content (AvgIpc) is 2.75. The molecular weight excluding hydrogens is 505 g/mol. The van der Waals surface area contributed by atoms with Crippen molar-refractivity contribution in [1.82, 2.24) is 9.78 Å². The molecule has 5 nitrogen and oxygen atoms in total. The second-order valence-electron chi connectivity index (χ2n) is 8.43. The minimum Gasteiger partial charge on any atom is -0.491 e. The third-order valence-electron chi connectivity index (χ3n) is 4.68. The molecule has 10 heteroatoms. The summed E-state index contributed by atoms with van der Waals surface area (Å²) in [5, 5.41) is 4.71. The minimum absolute atomic E-state index is 0.0735. The highest BCUT2D eigenvalue weighted by molar-refractivity contribution is 7.99. The van der Waals surface area contributed by atoms with Crippen molar-refractivity contribution in [2.45, 2.75) is 44.6 Å². The molecule has 0 amide bonds. The number of hydrogen-bond donors (Lipinski definition) is 0. The molecular formula is C24H24Cl2F2N2O3S. The quantitative estimate of drug-likeness (QED) is 0.223. The number of alkyl halides is 2. The van der Waals surface area contributed by atoms with Crippen molar-refractivity contribution >= 4 is 35.0 Å². The van der Waals surface area contributed by atoms with Gasteiger partial charge in [0.15, 0.2) is 0 Å². The summed E-state index contributed by atoms with van der Waals surface area (Å²) in [4.78, 5) is 13.0. The summed E-state index contributed by atoms with van der Waals surface area (Å²) in [5.41, 5.74) is -0.120. The summed E-state index contributed by atoms with van der Waals surface area (Å²) in [7, 11) is 0. The lowest BCUT2D eigenvalue weighted by molar-refractivity contribution is 0.151. The second-order valence-corrected chi connectivity index (χ2v) is 10.4. The monoisotopic (exact) mass is 528 g/mol. The van der Waals surface area contributed by atoms with Crippen LogP contribution in [0.3, 0.4) is 0 Å². The molecule has 34 heavy (non-hydrogen) atoms. The molecule has 0 unspecified atom stereocenters. The molecule has 3 aromatic rings. The van der Waals surface area contributed by atoms with E-state index in [0.717, 1.165) is 5.56 Å². The van der Waals surface area contributed by atoms with E-state index in [-0.39, 0.29) is 16.1 Å². The molecule has 0 spiro atoms. The summed E-state index contributed by atoms with van der Waals surface area (Å²) in [6, 6.07) is 8.94. The van der Waals surface area contributed by atoms with Gasteiger partial charge in [0.2, 0.25) is 0 Å². The van der Waals surface area contributed by atoms with Crippen LogP contribution in [-0.2, 0) is 5.54 Å². The van der Waals surface area contributed by atoms with Crippen molar-refractivity contribution in [3.05, 3.63) is 74.1 Å². The van der Waals surface area contributed by atoms with Crippen LogP contribution >= 0.6 is 35.0 Å². The number of aryl methyl sites for hydroxylation is 1. The van der Waals surface area contributed by atoms with Gasteiger partial charge < -0.3 is 9.47 Å². The SMILES string of the molecule is Cc1cc(Oc2ccc(C(F)F)cc2)cc(Cl)c1OCCSc1cnn(C(C)(C)C)c(=O)c1Cl. The van der Waals surface area contributed by atoms with Crippen LogP contribution in [0.5, 0.6) is 17.2 Å². The Balaban J connectivity index is 1.60. The molecule has 2 aromatic carbocycles. The van der Waals surface area contributed by atoms with Crippen molar-refractivity contribution in [3.63, 3.8) is 0 Å². The fraction of sp³-hybridized carbons (Fsp3) is 0.333. The molecule has 0 atom stereocenters. The van der Waals surface area contributed by atoms with Crippen LogP contribution in [-0.4, -0.2) is 22.1 Å². The Kier molecular flexibility index (Phi) is 8.49.